The first-order valence-corrected chi connectivity index (χ1v) is 3.62. The second kappa shape index (κ2) is 7.38. The van der Waals surface area contributed by atoms with Gasteiger partial charge in [0, 0.05) is 0 Å². The van der Waals surface area contributed by atoms with E-state index in [9.17, 15) is 4.79 Å². The SMILES string of the molecule is O=C(O)C(=COCCO)OCCO. The topological polar surface area (TPSA) is 96.2 Å². The minimum absolute atomic E-state index is 0.000729. The molecule has 0 saturated carbocycles. The Hall–Kier alpha value is -1.27. The van der Waals surface area contributed by atoms with Gasteiger partial charge in [-0.25, -0.2) is 4.79 Å². The predicted octanol–water partition coefficient (Wildman–Crippen LogP) is -1.07. The van der Waals surface area contributed by atoms with E-state index in [4.69, 9.17) is 15.3 Å². The fourth-order valence-electron chi connectivity index (χ4n) is 0.489. The molecule has 0 amide bonds. The van der Waals surface area contributed by atoms with Gasteiger partial charge in [0.1, 0.15) is 19.5 Å². The maximum absolute atomic E-state index is 10.4. The monoisotopic (exact) mass is 192 g/mol. The molecule has 3 N–H and O–H groups in total. The summed E-state index contributed by atoms with van der Waals surface area (Å²) < 4.78 is 9.21. The Labute approximate surface area is 75.0 Å². The lowest BCUT2D eigenvalue weighted by atomic mass is 10.5. The highest BCUT2D eigenvalue weighted by Gasteiger charge is 2.08. The highest BCUT2D eigenvalue weighted by molar-refractivity contribution is 5.83. The van der Waals surface area contributed by atoms with Crippen LogP contribution in [0.15, 0.2) is 12.0 Å². The fourth-order valence-corrected chi connectivity index (χ4v) is 0.489. The largest absolute Gasteiger partial charge is 0.495 e. The first-order valence-electron chi connectivity index (χ1n) is 3.62. The zero-order valence-corrected chi connectivity index (χ0v) is 6.97. The number of hydrogen-bond donors (Lipinski definition) is 3. The van der Waals surface area contributed by atoms with E-state index < -0.39 is 11.7 Å². The second-order valence-electron chi connectivity index (χ2n) is 1.95. The molecule has 6 heteroatoms. The van der Waals surface area contributed by atoms with E-state index in [1.165, 1.54) is 0 Å². The Morgan fingerprint density at radius 1 is 1.23 bits per heavy atom. The number of aliphatic carboxylic acids is 1. The summed E-state index contributed by atoms with van der Waals surface area (Å²) >= 11 is 0. The van der Waals surface area contributed by atoms with Gasteiger partial charge in [0.25, 0.3) is 0 Å². The van der Waals surface area contributed by atoms with Crippen LogP contribution >= 0.6 is 0 Å². The normalized spacial score (nSPS) is 11.1. The molecule has 0 heterocycles. The number of aliphatic hydroxyl groups excluding tert-OH is 2. The van der Waals surface area contributed by atoms with Crippen LogP contribution in [0.2, 0.25) is 0 Å². The van der Waals surface area contributed by atoms with Crippen molar-refractivity contribution in [2.24, 2.45) is 0 Å². The Morgan fingerprint density at radius 2 is 1.85 bits per heavy atom. The molecule has 0 rings (SSSR count). The van der Waals surface area contributed by atoms with Crippen molar-refractivity contribution in [2.75, 3.05) is 26.4 Å². The third-order valence-electron chi connectivity index (χ3n) is 0.959. The third-order valence-corrected chi connectivity index (χ3v) is 0.959. The summed E-state index contributed by atoms with van der Waals surface area (Å²) in [5, 5.41) is 25.1. The fraction of sp³-hybridized carbons (Fsp3) is 0.571. The van der Waals surface area contributed by atoms with E-state index >= 15 is 0 Å². The summed E-state index contributed by atoms with van der Waals surface area (Å²) in [7, 11) is 0. The predicted molar refractivity (Wildman–Crippen MR) is 41.8 cm³/mol. The molecule has 6 nitrogen and oxygen atoms in total. The molecule has 0 aromatic rings. The summed E-state index contributed by atoms with van der Waals surface area (Å²) in [5.41, 5.74) is 0. The molecule has 0 spiro atoms. The molecule has 0 aromatic carbocycles. The van der Waals surface area contributed by atoms with E-state index in [-0.39, 0.29) is 26.4 Å². The molecule has 0 unspecified atom stereocenters. The molecule has 0 aliphatic rings. The summed E-state index contributed by atoms with van der Waals surface area (Å²) in [4.78, 5) is 10.4. The molecule has 13 heavy (non-hydrogen) atoms. The number of aliphatic hydroxyl groups is 2. The number of carbonyl (C=O) groups is 1. The lowest BCUT2D eigenvalue weighted by Gasteiger charge is -2.04. The van der Waals surface area contributed by atoms with Crippen LogP contribution in [-0.4, -0.2) is 47.7 Å². The molecule has 0 radical (unpaired) electrons. The van der Waals surface area contributed by atoms with Crippen LogP contribution in [0.1, 0.15) is 0 Å². The van der Waals surface area contributed by atoms with Crippen LogP contribution in [0.4, 0.5) is 0 Å². The smallest absolute Gasteiger partial charge is 0.374 e. The lowest BCUT2D eigenvalue weighted by Crippen LogP contribution is -2.09. The quantitative estimate of drug-likeness (QED) is 0.270. The third kappa shape index (κ3) is 5.94. The molecule has 0 saturated heterocycles. The first kappa shape index (κ1) is 11.7. The van der Waals surface area contributed by atoms with Gasteiger partial charge < -0.3 is 24.8 Å². The van der Waals surface area contributed by atoms with Crippen LogP contribution in [0.3, 0.4) is 0 Å². The zero-order chi connectivity index (χ0) is 10.1. The minimum atomic E-state index is -1.29. The van der Waals surface area contributed by atoms with E-state index in [1.807, 2.05) is 0 Å². The summed E-state index contributed by atoms with van der Waals surface area (Å²) in [5.74, 6) is -1.69. The lowest BCUT2D eigenvalue weighted by molar-refractivity contribution is -0.137. The Balaban J connectivity index is 3.92. The molecular formula is C7H12O6. The van der Waals surface area contributed by atoms with Crippen molar-refractivity contribution in [2.45, 2.75) is 0 Å². The molecule has 0 bridgehead atoms. The highest BCUT2D eigenvalue weighted by atomic mass is 16.5. The van der Waals surface area contributed by atoms with E-state index in [2.05, 4.69) is 9.47 Å². The van der Waals surface area contributed by atoms with Crippen molar-refractivity contribution in [1.82, 2.24) is 0 Å². The minimum Gasteiger partial charge on any atom is -0.495 e. The van der Waals surface area contributed by atoms with Gasteiger partial charge in [0.15, 0.2) is 0 Å². The molecular weight excluding hydrogens is 180 g/mol. The maximum atomic E-state index is 10.4. The average Bonchev–Trinajstić information content (AvgIpc) is 2.10. The maximum Gasteiger partial charge on any atom is 0.374 e. The van der Waals surface area contributed by atoms with Gasteiger partial charge in [0.05, 0.1) is 13.2 Å². The van der Waals surface area contributed by atoms with Gasteiger partial charge in [-0.15, -0.1) is 0 Å². The summed E-state index contributed by atoms with van der Waals surface area (Å²) in [6, 6.07) is 0. The molecule has 0 aliphatic heterocycles. The second-order valence-corrected chi connectivity index (χ2v) is 1.95. The van der Waals surface area contributed by atoms with Gasteiger partial charge in [0.2, 0.25) is 5.76 Å². The number of carboxylic acids is 1. The van der Waals surface area contributed by atoms with Crippen LogP contribution < -0.4 is 0 Å². The van der Waals surface area contributed by atoms with Crippen molar-refractivity contribution >= 4 is 5.97 Å². The van der Waals surface area contributed by atoms with Crippen molar-refractivity contribution in [3.05, 3.63) is 12.0 Å². The molecule has 0 atom stereocenters. The van der Waals surface area contributed by atoms with E-state index in [1.54, 1.807) is 0 Å². The first-order chi connectivity index (χ1) is 6.22. The van der Waals surface area contributed by atoms with Crippen LogP contribution in [0, 0.1) is 0 Å². The average molecular weight is 192 g/mol. The Kier molecular flexibility index (Phi) is 6.66. The van der Waals surface area contributed by atoms with E-state index in [0.29, 0.717) is 0 Å². The van der Waals surface area contributed by atoms with Gasteiger partial charge in [-0.1, -0.05) is 0 Å². The zero-order valence-electron chi connectivity index (χ0n) is 6.97. The van der Waals surface area contributed by atoms with Crippen LogP contribution in [0.5, 0.6) is 0 Å². The van der Waals surface area contributed by atoms with Crippen molar-refractivity contribution in [1.29, 1.82) is 0 Å². The molecule has 0 aromatic heterocycles. The van der Waals surface area contributed by atoms with Crippen molar-refractivity contribution in [3.63, 3.8) is 0 Å². The van der Waals surface area contributed by atoms with Crippen LogP contribution in [-0.2, 0) is 14.3 Å². The number of ether oxygens (including phenoxy) is 2. The molecule has 76 valence electrons. The van der Waals surface area contributed by atoms with Crippen molar-refractivity contribution < 1.29 is 29.6 Å². The number of carboxylic acid groups (broad SMARTS) is 1. The Morgan fingerprint density at radius 3 is 2.31 bits per heavy atom. The molecule has 0 fully saturated rings. The molecule has 0 aliphatic carbocycles. The van der Waals surface area contributed by atoms with Gasteiger partial charge in [-0.2, -0.15) is 0 Å². The highest BCUT2D eigenvalue weighted by Crippen LogP contribution is 1.97. The summed E-state index contributed by atoms with van der Waals surface area (Å²) in [6.07, 6.45) is 0.883. The van der Waals surface area contributed by atoms with Gasteiger partial charge in [-0.3, -0.25) is 0 Å². The van der Waals surface area contributed by atoms with Gasteiger partial charge in [-0.05, 0) is 0 Å². The summed E-state index contributed by atoms with van der Waals surface area (Å²) in [6.45, 7) is -0.589. The van der Waals surface area contributed by atoms with Gasteiger partial charge >= 0.3 is 5.97 Å². The van der Waals surface area contributed by atoms with E-state index in [0.717, 1.165) is 6.26 Å². The van der Waals surface area contributed by atoms with Crippen molar-refractivity contribution in [3.8, 4) is 0 Å². The Bertz CT molecular complexity index is 176. The number of hydrogen-bond acceptors (Lipinski definition) is 5. The number of rotatable bonds is 7. The standard InChI is InChI=1S/C7H12O6/c8-1-3-12-5-6(7(10)11)13-4-2-9/h5,8-9H,1-4H2,(H,10,11). The van der Waals surface area contributed by atoms with Crippen LogP contribution in [0.25, 0.3) is 0 Å².